The third kappa shape index (κ3) is 3.49. The normalized spacial score (nSPS) is 33.3. The SMILES string of the molecule is O=C(CC12CC3CC(CC(C3)C1)C2)NC(=S)Nc1ccc(Br)cn1. The molecule has 1 aromatic rings. The van der Waals surface area contributed by atoms with E-state index in [-0.39, 0.29) is 11.3 Å². The zero-order valence-electron chi connectivity index (χ0n) is 13.6. The highest BCUT2D eigenvalue weighted by Crippen LogP contribution is 2.61. The van der Waals surface area contributed by atoms with Gasteiger partial charge in [-0.3, -0.25) is 4.79 Å². The molecule has 128 valence electrons. The van der Waals surface area contributed by atoms with Gasteiger partial charge in [0, 0.05) is 17.1 Å². The Morgan fingerprint density at radius 1 is 1.21 bits per heavy atom. The number of amides is 1. The lowest BCUT2D eigenvalue weighted by atomic mass is 9.49. The van der Waals surface area contributed by atoms with Crippen LogP contribution in [0.3, 0.4) is 0 Å². The van der Waals surface area contributed by atoms with Crippen LogP contribution >= 0.6 is 28.1 Å². The molecular weight excluding hydrogens is 386 g/mol. The minimum absolute atomic E-state index is 0.0477. The first-order valence-corrected chi connectivity index (χ1v) is 9.92. The van der Waals surface area contributed by atoms with Gasteiger partial charge in [0.1, 0.15) is 5.82 Å². The Labute approximate surface area is 156 Å². The summed E-state index contributed by atoms with van der Waals surface area (Å²) in [5.41, 5.74) is 0.240. The summed E-state index contributed by atoms with van der Waals surface area (Å²) in [4.78, 5) is 16.7. The molecule has 0 radical (unpaired) electrons. The molecule has 1 aromatic heterocycles. The van der Waals surface area contributed by atoms with Gasteiger partial charge in [-0.15, -0.1) is 0 Å². The summed E-state index contributed by atoms with van der Waals surface area (Å²) in [7, 11) is 0. The van der Waals surface area contributed by atoms with Crippen LogP contribution in [0, 0.1) is 23.2 Å². The summed E-state index contributed by atoms with van der Waals surface area (Å²) in [5, 5.41) is 6.16. The molecule has 4 bridgehead atoms. The highest BCUT2D eigenvalue weighted by atomic mass is 79.9. The molecule has 4 aliphatic rings. The summed E-state index contributed by atoms with van der Waals surface area (Å²) < 4.78 is 0.907. The van der Waals surface area contributed by atoms with E-state index in [0.717, 1.165) is 22.2 Å². The van der Waals surface area contributed by atoms with E-state index in [0.29, 0.717) is 17.4 Å². The maximum atomic E-state index is 12.5. The van der Waals surface area contributed by atoms with Crippen LogP contribution in [0.1, 0.15) is 44.9 Å². The molecule has 4 aliphatic carbocycles. The molecule has 6 heteroatoms. The van der Waals surface area contributed by atoms with E-state index in [1.54, 1.807) is 6.20 Å². The number of aromatic nitrogens is 1. The maximum Gasteiger partial charge on any atom is 0.226 e. The second-order valence-electron chi connectivity index (χ2n) is 7.96. The van der Waals surface area contributed by atoms with Gasteiger partial charge in [-0.1, -0.05) is 0 Å². The van der Waals surface area contributed by atoms with Crippen LogP contribution in [-0.4, -0.2) is 16.0 Å². The molecule has 1 amide bonds. The van der Waals surface area contributed by atoms with Crippen molar-refractivity contribution in [1.29, 1.82) is 0 Å². The third-order valence-electron chi connectivity index (χ3n) is 5.92. The predicted octanol–water partition coefficient (Wildman–Crippen LogP) is 4.26. The van der Waals surface area contributed by atoms with Crippen molar-refractivity contribution in [2.75, 3.05) is 5.32 Å². The lowest BCUT2D eigenvalue weighted by molar-refractivity contribution is -0.127. The van der Waals surface area contributed by atoms with Crippen LogP contribution in [-0.2, 0) is 4.79 Å². The summed E-state index contributed by atoms with van der Waals surface area (Å²) in [6.45, 7) is 0. The number of anilines is 1. The van der Waals surface area contributed by atoms with Gasteiger partial charge in [0.2, 0.25) is 5.91 Å². The van der Waals surface area contributed by atoms with Crippen molar-refractivity contribution in [1.82, 2.24) is 10.3 Å². The van der Waals surface area contributed by atoms with Gasteiger partial charge < -0.3 is 10.6 Å². The quantitative estimate of drug-likeness (QED) is 0.734. The smallest absolute Gasteiger partial charge is 0.226 e. The molecule has 0 saturated heterocycles. The van der Waals surface area contributed by atoms with E-state index in [2.05, 4.69) is 31.5 Å². The standard InChI is InChI=1S/C18H22BrN3OS/c19-14-1-2-15(20-10-14)21-17(24)22-16(23)9-18-6-11-3-12(7-18)5-13(4-11)8-18/h1-2,10-13H,3-9H2,(H2,20,21,22,23,24). The van der Waals surface area contributed by atoms with E-state index in [4.69, 9.17) is 12.2 Å². The summed E-state index contributed by atoms with van der Waals surface area (Å²) in [6, 6.07) is 3.71. The topological polar surface area (TPSA) is 54.0 Å². The van der Waals surface area contributed by atoms with Gasteiger partial charge in [0.25, 0.3) is 0 Å². The Morgan fingerprint density at radius 3 is 2.38 bits per heavy atom. The van der Waals surface area contributed by atoms with Crippen molar-refractivity contribution < 1.29 is 4.79 Å². The zero-order chi connectivity index (χ0) is 16.7. The first-order chi connectivity index (χ1) is 11.5. The molecule has 5 rings (SSSR count). The Bertz CT molecular complexity index is 625. The van der Waals surface area contributed by atoms with E-state index >= 15 is 0 Å². The van der Waals surface area contributed by atoms with Crippen LogP contribution in [0.15, 0.2) is 22.8 Å². The molecule has 4 fully saturated rings. The highest BCUT2D eigenvalue weighted by Gasteiger charge is 2.51. The van der Waals surface area contributed by atoms with Gasteiger partial charge >= 0.3 is 0 Å². The first kappa shape index (κ1) is 16.5. The maximum absolute atomic E-state index is 12.5. The molecule has 0 atom stereocenters. The van der Waals surface area contributed by atoms with Crippen molar-refractivity contribution in [3.8, 4) is 0 Å². The van der Waals surface area contributed by atoms with Crippen LogP contribution in [0.2, 0.25) is 0 Å². The molecule has 0 aromatic carbocycles. The fourth-order valence-electron chi connectivity index (χ4n) is 5.62. The summed E-state index contributed by atoms with van der Waals surface area (Å²) >= 11 is 8.61. The summed E-state index contributed by atoms with van der Waals surface area (Å²) in [5.74, 6) is 3.27. The largest absolute Gasteiger partial charge is 0.317 e. The number of thiocarbonyl (C=S) groups is 1. The Hall–Kier alpha value is -1.01. The van der Waals surface area contributed by atoms with Crippen LogP contribution in [0.5, 0.6) is 0 Å². The molecule has 0 spiro atoms. The second kappa shape index (κ2) is 6.37. The van der Waals surface area contributed by atoms with Gasteiger partial charge in [0.15, 0.2) is 5.11 Å². The Morgan fingerprint density at radius 2 is 1.83 bits per heavy atom. The Balaban J connectivity index is 1.33. The summed E-state index contributed by atoms with van der Waals surface area (Å²) in [6.07, 6.45) is 10.2. The second-order valence-corrected chi connectivity index (χ2v) is 9.28. The van der Waals surface area contributed by atoms with Crippen molar-refractivity contribution in [2.45, 2.75) is 44.9 Å². The van der Waals surface area contributed by atoms with Crippen LogP contribution in [0.4, 0.5) is 5.82 Å². The van der Waals surface area contributed by atoms with Crippen molar-refractivity contribution in [3.63, 3.8) is 0 Å². The van der Waals surface area contributed by atoms with Crippen molar-refractivity contribution >= 4 is 45.0 Å². The fourth-order valence-corrected chi connectivity index (χ4v) is 6.07. The van der Waals surface area contributed by atoms with Crippen LogP contribution < -0.4 is 10.6 Å². The number of nitrogens with one attached hydrogen (secondary N) is 2. The minimum Gasteiger partial charge on any atom is -0.317 e. The van der Waals surface area contributed by atoms with Gasteiger partial charge in [0.05, 0.1) is 0 Å². The molecule has 24 heavy (non-hydrogen) atoms. The Kier molecular flexibility index (Phi) is 4.37. The monoisotopic (exact) mass is 407 g/mol. The average Bonchev–Trinajstić information content (AvgIpc) is 2.47. The first-order valence-electron chi connectivity index (χ1n) is 8.72. The van der Waals surface area contributed by atoms with Gasteiger partial charge in [-0.25, -0.2) is 4.98 Å². The van der Waals surface area contributed by atoms with E-state index in [9.17, 15) is 4.79 Å². The number of carbonyl (C=O) groups excluding carboxylic acids is 1. The lowest BCUT2D eigenvalue weighted by Gasteiger charge is -2.56. The van der Waals surface area contributed by atoms with Crippen molar-refractivity contribution in [3.05, 3.63) is 22.8 Å². The number of hydrogen-bond acceptors (Lipinski definition) is 3. The molecule has 2 N–H and O–H groups in total. The number of hydrogen-bond donors (Lipinski definition) is 2. The van der Waals surface area contributed by atoms with E-state index in [1.165, 1.54) is 38.5 Å². The third-order valence-corrected chi connectivity index (χ3v) is 6.60. The molecular formula is C18H22BrN3OS. The number of carbonyl (C=O) groups is 1. The van der Waals surface area contributed by atoms with Crippen LogP contribution in [0.25, 0.3) is 0 Å². The molecule has 0 unspecified atom stereocenters. The molecule has 0 aliphatic heterocycles. The number of nitrogens with zero attached hydrogens (tertiary/aromatic N) is 1. The van der Waals surface area contributed by atoms with E-state index < -0.39 is 0 Å². The molecule has 4 nitrogen and oxygen atoms in total. The van der Waals surface area contributed by atoms with Crippen molar-refractivity contribution in [2.24, 2.45) is 23.2 Å². The molecule has 4 saturated carbocycles. The fraction of sp³-hybridized carbons (Fsp3) is 0.611. The molecule has 1 heterocycles. The van der Waals surface area contributed by atoms with Gasteiger partial charge in [-0.2, -0.15) is 0 Å². The highest BCUT2D eigenvalue weighted by molar-refractivity contribution is 9.10. The van der Waals surface area contributed by atoms with E-state index in [1.807, 2.05) is 12.1 Å². The number of rotatable bonds is 3. The predicted molar refractivity (Wildman–Crippen MR) is 102 cm³/mol. The van der Waals surface area contributed by atoms with Gasteiger partial charge in [-0.05, 0) is 102 Å². The zero-order valence-corrected chi connectivity index (χ0v) is 16.0. The number of pyridine rings is 1. The lowest BCUT2D eigenvalue weighted by Crippen LogP contribution is -2.48. The average molecular weight is 408 g/mol. The minimum atomic E-state index is 0.0477. The number of halogens is 1.